The predicted molar refractivity (Wildman–Crippen MR) is 84.2 cm³/mol. The molecule has 0 aliphatic carbocycles. The molecule has 0 radical (unpaired) electrons. The van der Waals surface area contributed by atoms with Gasteiger partial charge in [0.05, 0.1) is 4.88 Å². The number of hydrogen-bond acceptors (Lipinski definition) is 3. The van der Waals surface area contributed by atoms with E-state index in [0.29, 0.717) is 16.8 Å². The van der Waals surface area contributed by atoms with Crippen molar-refractivity contribution < 1.29 is 9.18 Å². The number of fused-ring (bicyclic) bond motifs is 1. The smallest absolute Gasteiger partial charge is 0.264 e. The largest absolute Gasteiger partial charge is 0.335 e. The van der Waals surface area contributed by atoms with Crippen LogP contribution in [-0.4, -0.2) is 29.4 Å². The number of benzene rings is 1. The van der Waals surface area contributed by atoms with Gasteiger partial charge in [-0.1, -0.05) is 6.07 Å². The van der Waals surface area contributed by atoms with Gasteiger partial charge in [-0.05, 0) is 44.4 Å². The molecule has 2 aromatic rings. The summed E-state index contributed by atoms with van der Waals surface area (Å²) in [5.41, 5.74) is 6.70. The second-order valence-electron chi connectivity index (χ2n) is 5.80. The minimum Gasteiger partial charge on any atom is -0.335 e. The molecule has 21 heavy (non-hydrogen) atoms. The fourth-order valence-corrected chi connectivity index (χ4v) is 4.28. The van der Waals surface area contributed by atoms with Crippen LogP contribution in [0.2, 0.25) is 0 Å². The first-order valence-corrected chi connectivity index (χ1v) is 8.05. The highest BCUT2D eigenvalue weighted by Gasteiger charge is 2.30. The summed E-state index contributed by atoms with van der Waals surface area (Å²) in [5.74, 6) is -0.249. The second kappa shape index (κ2) is 5.39. The highest BCUT2D eigenvalue weighted by atomic mass is 32.1. The van der Waals surface area contributed by atoms with Gasteiger partial charge in [0.15, 0.2) is 0 Å². The first-order valence-electron chi connectivity index (χ1n) is 7.23. The Morgan fingerprint density at radius 3 is 2.90 bits per heavy atom. The van der Waals surface area contributed by atoms with E-state index in [9.17, 15) is 9.18 Å². The molecule has 1 aliphatic heterocycles. The van der Waals surface area contributed by atoms with Crippen LogP contribution in [0, 0.1) is 12.7 Å². The van der Waals surface area contributed by atoms with Crippen LogP contribution in [0.3, 0.4) is 0 Å². The molecule has 1 aliphatic rings. The van der Waals surface area contributed by atoms with Crippen LogP contribution in [0.5, 0.6) is 0 Å². The van der Waals surface area contributed by atoms with E-state index in [1.54, 1.807) is 6.07 Å². The molecular weight excluding hydrogens is 287 g/mol. The van der Waals surface area contributed by atoms with Crippen LogP contribution < -0.4 is 5.73 Å². The van der Waals surface area contributed by atoms with Gasteiger partial charge < -0.3 is 10.6 Å². The number of carbonyl (C=O) groups excluding carboxylic acids is 1. The number of hydrogen-bond donors (Lipinski definition) is 1. The fourth-order valence-electron chi connectivity index (χ4n) is 3.10. The summed E-state index contributed by atoms with van der Waals surface area (Å²) in [4.78, 5) is 15.3. The summed E-state index contributed by atoms with van der Waals surface area (Å²) < 4.78 is 14.8. The Balaban J connectivity index is 1.99. The van der Waals surface area contributed by atoms with Gasteiger partial charge in [-0.3, -0.25) is 4.79 Å². The number of likely N-dealkylation sites (tertiary alicyclic amines) is 1. The van der Waals surface area contributed by atoms with Crippen LogP contribution >= 0.6 is 11.3 Å². The molecule has 2 heterocycles. The Morgan fingerprint density at radius 1 is 1.48 bits per heavy atom. The summed E-state index contributed by atoms with van der Waals surface area (Å²) in [6.45, 7) is 4.53. The Labute approximate surface area is 127 Å². The van der Waals surface area contributed by atoms with Gasteiger partial charge in [-0.15, -0.1) is 11.3 Å². The third-order valence-corrected chi connectivity index (χ3v) is 5.52. The second-order valence-corrected chi connectivity index (χ2v) is 6.85. The van der Waals surface area contributed by atoms with E-state index in [0.717, 1.165) is 23.1 Å². The molecule has 1 saturated heterocycles. The van der Waals surface area contributed by atoms with E-state index in [1.165, 1.54) is 17.4 Å². The van der Waals surface area contributed by atoms with Gasteiger partial charge in [-0.2, -0.15) is 0 Å². The molecule has 0 spiro atoms. The molecule has 2 atom stereocenters. The zero-order valence-corrected chi connectivity index (χ0v) is 13.0. The lowest BCUT2D eigenvalue weighted by molar-refractivity contribution is 0.0623. The van der Waals surface area contributed by atoms with Gasteiger partial charge in [0.25, 0.3) is 5.91 Å². The predicted octanol–water partition coefficient (Wildman–Crippen LogP) is 3.30. The molecular formula is C16H19FN2OS. The first kappa shape index (κ1) is 14.5. The number of piperidine rings is 1. The Morgan fingerprint density at radius 2 is 2.24 bits per heavy atom. The number of nitrogens with zero attached hydrogens (tertiary/aromatic N) is 1. The van der Waals surface area contributed by atoms with Gasteiger partial charge in [0.1, 0.15) is 5.82 Å². The molecule has 3 rings (SSSR count). The molecule has 0 saturated carbocycles. The SMILES string of the molecule is Cc1c(C(=O)N2CCC(N)CC2C)sc2cccc(F)c12. The zero-order valence-electron chi connectivity index (χ0n) is 12.2. The van der Waals surface area contributed by atoms with Crippen LogP contribution in [0.1, 0.15) is 35.0 Å². The topological polar surface area (TPSA) is 46.3 Å². The zero-order chi connectivity index (χ0) is 15.1. The molecule has 1 aromatic heterocycles. The fraction of sp³-hybridized carbons (Fsp3) is 0.438. The van der Waals surface area contributed by atoms with Crippen molar-refractivity contribution in [2.45, 2.75) is 38.8 Å². The normalized spacial score (nSPS) is 22.8. The monoisotopic (exact) mass is 306 g/mol. The first-order chi connectivity index (χ1) is 9.99. The Bertz CT molecular complexity index is 697. The van der Waals surface area contributed by atoms with Gasteiger partial charge in [0.2, 0.25) is 0 Å². The van der Waals surface area contributed by atoms with Crippen LogP contribution in [0.15, 0.2) is 18.2 Å². The summed E-state index contributed by atoms with van der Waals surface area (Å²) in [5, 5.41) is 0.576. The molecule has 2 unspecified atom stereocenters. The van der Waals surface area contributed by atoms with Crippen LogP contribution in [0.4, 0.5) is 4.39 Å². The maximum Gasteiger partial charge on any atom is 0.264 e. The Kier molecular flexibility index (Phi) is 3.71. The average Bonchev–Trinajstić information content (AvgIpc) is 2.77. The van der Waals surface area contributed by atoms with Crippen LogP contribution in [-0.2, 0) is 0 Å². The number of carbonyl (C=O) groups is 1. The molecule has 5 heteroatoms. The average molecular weight is 306 g/mol. The van der Waals surface area contributed by atoms with E-state index in [2.05, 4.69) is 0 Å². The Hall–Kier alpha value is -1.46. The van der Waals surface area contributed by atoms with Crippen molar-refractivity contribution in [3.05, 3.63) is 34.5 Å². The van der Waals surface area contributed by atoms with Crippen molar-refractivity contribution in [2.24, 2.45) is 5.73 Å². The minimum absolute atomic E-state index is 0.00694. The molecule has 1 aromatic carbocycles. The van der Waals surface area contributed by atoms with Crippen molar-refractivity contribution in [1.29, 1.82) is 0 Å². The highest BCUT2D eigenvalue weighted by molar-refractivity contribution is 7.21. The van der Waals surface area contributed by atoms with Gasteiger partial charge >= 0.3 is 0 Å². The van der Waals surface area contributed by atoms with E-state index < -0.39 is 0 Å². The number of halogens is 1. The van der Waals surface area contributed by atoms with E-state index >= 15 is 0 Å². The lowest BCUT2D eigenvalue weighted by Gasteiger charge is -2.36. The molecule has 112 valence electrons. The summed E-state index contributed by atoms with van der Waals surface area (Å²) in [7, 11) is 0. The molecule has 0 bridgehead atoms. The lowest BCUT2D eigenvalue weighted by atomic mass is 9.98. The maximum absolute atomic E-state index is 14.0. The van der Waals surface area contributed by atoms with Crippen molar-refractivity contribution in [3.63, 3.8) is 0 Å². The van der Waals surface area contributed by atoms with Crippen molar-refractivity contribution >= 4 is 27.3 Å². The summed E-state index contributed by atoms with van der Waals surface area (Å²) in [6, 6.07) is 5.30. The highest BCUT2D eigenvalue weighted by Crippen LogP contribution is 2.34. The van der Waals surface area contributed by atoms with Crippen molar-refractivity contribution in [3.8, 4) is 0 Å². The van der Waals surface area contributed by atoms with Crippen molar-refractivity contribution in [1.82, 2.24) is 4.90 Å². The van der Waals surface area contributed by atoms with Gasteiger partial charge in [0, 0.05) is 28.7 Å². The molecule has 1 amide bonds. The van der Waals surface area contributed by atoms with Crippen LogP contribution in [0.25, 0.3) is 10.1 Å². The number of rotatable bonds is 1. The standard InChI is InChI=1S/C16H19FN2OS/c1-9-8-11(18)6-7-19(9)16(20)15-10(2)14-12(17)4-3-5-13(14)21-15/h3-5,9,11H,6-8,18H2,1-2H3. The maximum atomic E-state index is 14.0. The minimum atomic E-state index is -0.256. The third kappa shape index (κ3) is 2.45. The summed E-state index contributed by atoms with van der Waals surface area (Å²) in [6.07, 6.45) is 1.65. The molecule has 3 nitrogen and oxygen atoms in total. The van der Waals surface area contributed by atoms with E-state index in [-0.39, 0.29) is 23.8 Å². The molecule has 1 fully saturated rings. The number of thiophene rings is 1. The number of nitrogens with two attached hydrogens (primary N) is 1. The van der Waals surface area contributed by atoms with Crippen molar-refractivity contribution in [2.75, 3.05) is 6.54 Å². The quantitative estimate of drug-likeness (QED) is 0.878. The van der Waals surface area contributed by atoms with E-state index in [4.69, 9.17) is 5.73 Å². The van der Waals surface area contributed by atoms with Gasteiger partial charge in [-0.25, -0.2) is 4.39 Å². The number of aryl methyl sites for hydroxylation is 1. The molecule has 2 N–H and O–H groups in total. The number of amides is 1. The third-order valence-electron chi connectivity index (χ3n) is 4.27. The van der Waals surface area contributed by atoms with E-state index in [1.807, 2.05) is 24.8 Å². The lowest BCUT2D eigenvalue weighted by Crippen LogP contribution is -2.48. The summed E-state index contributed by atoms with van der Waals surface area (Å²) >= 11 is 1.38.